The summed E-state index contributed by atoms with van der Waals surface area (Å²) in [6.07, 6.45) is -0.643. The summed E-state index contributed by atoms with van der Waals surface area (Å²) in [5.41, 5.74) is -2.37. The minimum absolute atomic E-state index is 0.234. The van der Waals surface area contributed by atoms with Crippen LogP contribution in [0.4, 0.5) is 0 Å². The molecule has 6 atom stereocenters. The number of carbonyl (C=O) groups is 1. The molecule has 1 aliphatic heterocycles. The lowest BCUT2D eigenvalue weighted by Gasteiger charge is -2.30. The molecule has 0 amide bonds. The van der Waals surface area contributed by atoms with E-state index in [0.717, 1.165) is 0 Å². The van der Waals surface area contributed by atoms with Gasteiger partial charge < -0.3 is 23.6 Å². The number of aliphatic hydroxyl groups excluding tert-OH is 1. The van der Waals surface area contributed by atoms with Crippen LogP contribution in [0.3, 0.4) is 0 Å². The Hall–Kier alpha value is -2.60. The van der Waals surface area contributed by atoms with Crippen molar-refractivity contribution in [2.24, 2.45) is 5.41 Å². The Balaban J connectivity index is 1.83. The second kappa shape index (κ2) is 11.8. The van der Waals surface area contributed by atoms with Gasteiger partial charge in [-0.25, -0.2) is 9.88 Å². The van der Waals surface area contributed by atoms with Crippen LogP contribution in [0.1, 0.15) is 33.9 Å². The highest BCUT2D eigenvalue weighted by molar-refractivity contribution is 8.09. The van der Waals surface area contributed by atoms with Crippen LogP contribution in [0.5, 0.6) is 5.75 Å². The number of nitrogens with zero attached hydrogens (tertiary/aromatic N) is 1. The van der Waals surface area contributed by atoms with E-state index in [-0.39, 0.29) is 12.7 Å². The molecular formula is C24H32N3O8PS. The molecule has 0 radical (unpaired) electrons. The first-order valence-corrected chi connectivity index (χ1v) is 14.3. The van der Waals surface area contributed by atoms with Crippen LogP contribution in [0.15, 0.2) is 64.8 Å². The molecule has 0 spiro atoms. The van der Waals surface area contributed by atoms with Crippen LogP contribution in [-0.4, -0.2) is 51.6 Å². The second-order valence-electron chi connectivity index (χ2n) is 9.09. The fraction of sp³-hybridized carbons (Fsp3) is 0.458. The minimum Gasteiger partial charge on any atom is -0.462 e. The SMILES string of the molecule is C=CC1(C)C(O)C(COP(=S)(NC(C)C(=O)OC(C)C)Oc2ccccc2)OC1n1ccc(=O)[nH]c1=O. The molecule has 0 aliphatic carbocycles. The van der Waals surface area contributed by atoms with E-state index >= 15 is 0 Å². The van der Waals surface area contributed by atoms with Crippen LogP contribution in [-0.2, 0) is 30.6 Å². The molecule has 1 aromatic carbocycles. The molecule has 3 N–H and O–H groups in total. The lowest BCUT2D eigenvalue weighted by atomic mass is 9.82. The van der Waals surface area contributed by atoms with Gasteiger partial charge in [-0.15, -0.1) is 6.58 Å². The fourth-order valence-corrected chi connectivity index (χ4v) is 6.19. The van der Waals surface area contributed by atoms with Gasteiger partial charge >= 0.3 is 18.3 Å². The first-order valence-electron chi connectivity index (χ1n) is 11.6. The molecular weight excluding hydrogens is 521 g/mol. The quantitative estimate of drug-likeness (QED) is 0.216. The Morgan fingerprint density at radius 1 is 1.32 bits per heavy atom. The lowest BCUT2D eigenvalue weighted by Crippen LogP contribution is -2.40. The number of aromatic nitrogens is 2. The number of aliphatic hydroxyl groups is 1. The van der Waals surface area contributed by atoms with Crippen molar-refractivity contribution in [2.45, 2.75) is 58.3 Å². The summed E-state index contributed by atoms with van der Waals surface area (Å²) in [6.45, 7) is 6.90. The van der Waals surface area contributed by atoms with E-state index in [1.54, 1.807) is 52.0 Å². The largest absolute Gasteiger partial charge is 0.462 e. The third kappa shape index (κ3) is 6.84. The van der Waals surface area contributed by atoms with Gasteiger partial charge in [0.05, 0.1) is 24.2 Å². The van der Waals surface area contributed by atoms with Gasteiger partial charge in [-0.1, -0.05) is 24.3 Å². The van der Waals surface area contributed by atoms with Crippen LogP contribution < -0.4 is 20.9 Å². The van der Waals surface area contributed by atoms with Crippen molar-refractivity contribution in [1.29, 1.82) is 0 Å². The normalized spacial score (nSPS) is 25.8. The Morgan fingerprint density at radius 2 is 2.00 bits per heavy atom. The lowest BCUT2D eigenvalue weighted by molar-refractivity contribution is -0.149. The molecule has 3 rings (SSSR count). The van der Waals surface area contributed by atoms with Crippen molar-refractivity contribution in [3.63, 3.8) is 0 Å². The van der Waals surface area contributed by atoms with E-state index in [1.807, 2.05) is 6.07 Å². The van der Waals surface area contributed by atoms with E-state index < -0.39 is 53.8 Å². The number of nitrogens with one attached hydrogen (secondary N) is 2. The Kier molecular flexibility index (Phi) is 9.27. The van der Waals surface area contributed by atoms with Crippen molar-refractivity contribution in [1.82, 2.24) is 14.6 Å². The molecule has 13 heteroatoms. The molecule has 1 saturated heterocycles. The standard InChI is InChI=1S/C24H32N3O8PS/c1-6-24(5)20(29)18(34-22(24)27-13-12-19(28)25-23(27)31)14-32-36(37,35-17-10-8-7-9-11-17)26-16(4)21(30)33-15(2)3/h6-13,15-16,18,20,22,29H,1,14H2,2-5H3,(H,26,37)(H,25,28,31). The molecule has 202 valence electrons. The van der Waals surface area contributed by atoms with Gasteiger partial charge in [-0.3, -0.25) is 19.1 Å². The van der Waals surface area contributed by atoms with Crippen LogP contribution in [0, 0.1) is 5.41 Å². The van der Waals surface area contributed by atoms with Crippen molar-refractivity contribution in [3.8, 4) is 5.75 Å². The van der Waals surface area contributed by atoms with Crippen LogP contribution in [0.2, 0.25) is 0 Å². The highest BCUT2D eigenvalue weighted by atomic mass is 32.5. The highest BCUT2D eigenvalue weighted by Crippen LogP contribution is 2.49. The van der Waals surface area contributed by atoms with Crippen LogP contribution in [0.25, 0.3) is 0 Å². The zero-order valence-electron chi connectivity index (χ0n) is 21.0. The monoisotopic (exact) mass is 553 g/mol. The van der Waals surface area contributed by atoms with Crippen LogP contribution >= 0.6 is 6.64 Å². The Morgan fingerprint density at radius 3 is 2.59 bits per heavy atom. The molecule has 0 bridgehead atoms. The van der Waals surface area contributed by atoms with Crippen molar-refractivity contribution < 1.29 is 28.4 Å². The Bertz CT molecular complexity index is 1270. The molecule has 2 heterocycles. The first kappa shape index (κ1) is 29.0. The maximum absolute atomic E-state index is 12.4. The molecule has 6 unspecified atom stereocenters. The molecule has 2 aromatic rings. The average molecular weight is 554 g/mol. The van der Waals surface area contributed by atoms with Crippen molar-refractivity contribution in [3.05, 3.63) is 76.1 Å². The summed E-state index contributed by atoms with van der Waals surface area (Å²) in [4.78, 5) is 38.5. The number of H-pyrrole nitrogens is 1. The third-order valence-corrected chi connectivity index (χ3v) is 8.30. The number of aromatic amines is 1. The van der Waals surface area contributed by atoms with E-state index in [0.29, 0.717) is 5.75 Å². The molecule has 37 heavy (non-hydrogen) atoms. The number of ether oxygens (including phenoxy) is 2. The minimum atomic E-state index is -3.38. The number of esters is 1. The first-order chi connectivity index (χ1) is 17.4. The number of hydrogen-bond donors (Lipinski definition) is 3. The summed E-state index contributed by atoms with van der Waals surface area (Å²) in [6, 6.07) is 9.05. The zero-order chi connectivity index (χ0) is 27.4. The summed E-state index contributed by atoms with van der Waals surface area (Å²) >= 11 is 5.71. The molecule has 1 aromatic heterocycles. The second-order valence-corrected chi connectivity index (χ2v) is 12.2. The molecule has 1 aliphatic rings. The number of rotatable bonds is 11. The summed E-state index contributed by atoms with van der Waals surface area (Å²) in [7, 11) is 0. The maximum Gasteiger partial charge on any atom is 0.330 e. The predicted molar refractivity (Wildman–Crippen MR) is 141 cm³/mol. The number of hydrogen-bond acceptors (Lipinski definition) is 9. The van der Waals surface area contributed by atoms with Gasteiger partial charge in [0.2, 0.25) is 0 Å². The number of para-hydroxylation sites is 1. The number of benzene rings is 1. The van der Waals surface area contributed by atoms with Crippen molar-refractivity contribution >= 4 is 24.4 Å². The number of carbonyl (C=O) groups excluding carboxylic acids is 1. The van der Waals surface area contributed by atoms with Gasteiger partial charge in [0.25, 0.3) is 5.56 Å². The topological polar surface area (TPSA) is 141 Å². The van der Waals surface area contributed by atoms with E-state index in [1.165, 1.54) is 22.9 Å². The maximum atomic E-state index is 12.4. The van der Waals surface area contributed by atoms with Gasteiger partial charge in [-0.05, 0) is 51.6 Å². The van der Waals surface area contributed by atoms with E-state index in [2.05, 4.69) is 16.7 Å². The zero-order valence-corrected chi connectivity index (χ0v) is 22.7. The van der Waals surface area contributed by atoms with Gasteiger partial charge in [0, 0.05) is 12.3 Å². The van der Waals surface area contributed by atoms with Crippen molar-refractivity contribution in [2.75, 3.05) is 6.61 Å². The average Bonchev–Trinajstić information content (AvgIpc) is 3.08. The van der Waals surface area contributed by atoms with Gasteiger partial charge in [-0.2, -0.15) is 0 Å². The molecule has 1 fully saturated rings. The smallest absolute Gasteiger partial charge is 0.330 e. The fourth-order valence-electron chi connectivity index (χ4n) is 3.77. The third-order valence-electron chi connectivity index (χ3n) is 5.80. The Labute approximate surface area is 219 Å². The molecule has 11 nitrogen and oxygen atoms in total. The van der Waals surface area contributed by atoms with Gasteiger partial charge in [0.1, 0.15) is 24.1 Å². The summed E-state index contributed by atoms with van der Waals surface area (Å²) in [5, 5.41) is 14.1. The highest BCUT2D eigenvalue weighted by Gasteiger charge is 2.53. The van der Waals surface area contributed by atoms with E-state index in [4.69, 9.17) is 30.3 Å². The summed E-state index contributed by atoms with van der Waals surface area (Å²) < 4.78 is 24.4. The summed E-state index contributed by atoms with van der Waals surface area (Å²) in [5.74, 6) is -0.109. The molecule has 0 saturated carbocycles. The van der Waals surface area contributed by atoms with Gasteiger partial charge in [0.15, 0.2) is 0 Å². The predicted octanol–water partition coefficient (Wildman–Crippen LogP) is 2.24. The van der Waals surface area contributed by atoms with E-state index in [9.17, 15) is 19.5 Å².